The zero-order chi connectivity index (χ0) is 21.4. The molecule has 0 saturated heterocycles. The smallest absolute Gasteiger partial charge is 0.290 e. The maximum Gasteiger partial charge on any atom is 0.290 e. The largest absolute Gasteiger partial charge is 0.483 e. The maximum atomic E-state index is 8.36. The Morgan fingerprint density at radius 2 is 1.48 bits per heavy atom. The lowest BCUT2D eigenvalue weighted by Gasteiger charge is -2.35. The Balaban J connectivity index is 0.00000132. The standard InChI is InChI=1S/C22H28B2S2.CH2O2/c1-2-3-6-15-21(26-17-20-13-9-5-10-14-20)22(23,24)18-25-16-19-11-7-4-8-12-19;2-1-3/h4-5,7-14,21H,2-3,6,15-18H2,1H3;1H,(H,2,3). The SMILES string of the molecule is O=CO.[B]C([B])(CSCc1ccccc1)C(CCCCC)SCc1ccccc1. The number of carbonyl (C=O) groups is 1. The van der Waals surface area contributed by atoms with Crippen molar-refractivity contribution in [1.29, 1.82) is 0 Å². The van der Waals surface area contributed by atoms with Gasteiger partial charge in [0.1, 0.15) is 0 Å². The van der Waals surface area contributed by atoms with Gasteiger partial charge in [-0.15, -0.1) is 0 Å². The molecule has 0 bridgehead atoms. The van der Waals surface area contributed by atoms with Crippen LogP contribution in [0.2, 0.25) is 5.21 Å². The Kier molecular flexibility index (Phi) is 13.8. The summed E-state index contributed by atoms with van der Waals surface area (Å²) < 4.78 is 0. The molecule has 2 nitrogen and oxygen atoms in total. The number of thioether (sulfide) groups is 2. The minimum Gasteiger partial charge on any atom is -0.483 e. The highest BCUT2D eigenvalue weighted by molar-refractivity contribution is 8.00. The Labute approximate surface area is 187 Å². The first-order valence-corrected chi connectivity index (χ1v) is 12.2. The van der Waals surface area contributed by atoms with Gasteiger partial charge in [0.15, 0.2) is 0 Å². The zero-order valence-electron chi connectivity index (χ0n) is 17.2. The molecule has 6 heteroatoms. The quantitative estimate of drug-likeness (QED) is 0.259. The summed E-state index contributed by atoms with van der Waals surface area (Å²) in [7, 11) is 13.2. The second-order valence-corrected chi connectivity index (χ2v) is 9.15. The second kappa shape index (κ2) is 15.6. The molecule has 1 atom stereocenters. The van der Waals surface area contributed by atoms with Gasteiger partial charge in [-0.2, -0.15) is 23.5 Å². The van der Waals surface area contributed by atoms with Gasteiger partial charge in [-0.25, -0.2) is 0 Å². The summed E-state index contributed by atoms with van der Waals surface area (Å²) in [6.07, 6.45) is 4.75. The van der Waals surface area contributed by atoms with Crippen LogP contribution >= 0.6 is 23.5 Å². The fourth-order valence-corrected chi connectivity index (χ4v) is 5.37. The van der Waals surface area contributed by atoms with Crippen molar-refractivity contribution in [3.8, 4) is 0 Å². The van der Waals surface area contributed by atoms with Crippen molar-refractivity contribution in [3.05, 3.63) is 71.8 Å². The van der Waals surface area contributed by atoms with Crippen molar-refractivity contribution in [2.45, 2.75) is 54.6 Å². The van der Waals surface area contributed by atoms with Crippen LogP contribution in [0.1, 0.15) is 43.7 Å². The highest BCUT2D eigenvalue weighted by Crippen LogP contribution is 2.40. The van der Waals surface area contributed by atoms with E-state index in [0.29, 0.717) is 0 Å². The third kappa shape index (κ3) is 11.5. The van der Waals surface area contributed by atoms with Crippen LogP contribution in [0.4, 0.5) is 0 Å². The Bertz CT molecular complexity index is 654. The van der Waals surface area contributed by atoms with Crippen LogP contribution < -0.4 is 0 Å². The zero-order valence-corrected chi connectivity index (χ0v) is 18.8. The van der Waals surface area contributed by atoms with Crippen LogP contribution in [-0.2, 0) is 16.3 Å². The number of benzene rings is 2. The summed E-state index contributed by atoms with van der Waals surface area (Å²) in [5.74, 6) is 2.71. The Morgan fingerprint density at radius 3 is 2.00 bits per heavy atom. The lowest BCUT2D eigenvalue weighted by atomic mass is 9.53. The van der Waals surface area contributed by atoms with Crippen molar-refractivity contribution in [2.75, 3.05) is 5.75 Å². The summed E-state index contributed by atoms with van der Waals surface area (Å²) in [5.41, 5.74) is 2.67. The summed E-state index contributed by atoms with van der Waals surface area (Å²) >= 11 is 3.75. The number of hydrogen-bond acceptors (Lipinski definition) is 3. The monoisotopic (exact) mass is 424 g/mol. The van der Waals surface area contributed by atoms with Crippen LogP contribution in [0, 0.1) is 0 Å². The molecule has 0 aliphatic rings. The minimum atomic E-state index is -0.646. The predicted octanol–water partition coefficient (Wildman–Crippen LogP) is 5.96. The first-order chi connectivity index (χ1) is 14.0. The highest BCUT2D eigenvalue weighted by Gasteiger charge is 2.28. The van der Waals surface area contributed by atoms with E-state index in [2.05, 4.69) is 61.5 Å². The molecule has 4 radical (unpaired) electrons. The lowest BCUT2D eigenvalue weighted by molar-refractivity contribution is -0.122. The van der Waals surface area contributed by atoms with E-state index in [4.69, 9.17) is 25.6 Å². The molecule has 2 aromatic rings. The second-order valence-electron chi connectivity index (χ2n) is 6.98. The van der Waals surface area contributed by atoms with Crippen LogP contribution in [0.25, 0.3) is 0 Å². The molecule has 0 spiro atoms. The van der Waals surface area contributed by atoms with Gasteiger partial charge >= 0.3 is 0 Å². The average molecular weight is 424 g/mol. The average Bonchev–Trinajstić information content (AvgIpc) is 2.72. The molecule has 2 aromatic carbocycles. The summed E-state index contributed by atoms with van der Waals surface area (Å²) in [6.45, 7) is 1.99. The molecule has 152 valence electrons. The topological polar surface area (TPSA) is 37.3 Å². The van der Waals surface area contributed by atoms with Gasteiger partial charge in [-0.1, -0.05) is 92.1 Å². The molecule has 0 heterocycles. The van der Waals surface area contributed by atoms with Crippen LogP contribution in [0.5, 0.6) is 0 Å². The van der Waals surface area contributed by atoms with E-state index in [9.17, 15) is 0 Å². The Hall–Kier alpha value is -1.26. The maximum absolute atomic E-state index is 8.36. The fourth-order valence-electron chi connectivity index (χ4n) is 2.87. The van der Waals surface area contributed by atoms with Gasteiger partial charge < -0.3 is 5.11 Å². The predicted molar refractivity (Wildman–Crippen MR) is 131 cm³/mol. The van der Waals surface area contributed by atoms with E-state index < -0.39 is 5.21 Å². The molecule has 0 saturated carbocycles. The lowest BCUT2D eigenvalue weighted by Crippen LogP contribution is -2.30. The van der Waals surface area contributed by atoms with Gasteiger partial charge in [0.2, 0.25) is 0 Å². The summed E-state index contributed by atoms with van der Waals surface area (Å²) in [5, 5.41) is 6.52. The molecule has 0 fully saturated rings. The van der Waals surface area contributed by atoms with E-state index in [1.807, 2.05) is 29.6 Å². The third-order valence-corrected chi connectivity index (χ3v) is 7.25. The highest BCUT2D eigenvalue weighted by atomic mass is 32.2. The van der Waals surface area contributed by atoms with E-state index in [0.717, 1.165) is 23.7 Å². The molecular formula is C23H30B2O2S2. The molecule has 1 unspecified atom stereocenters. The number of unbranched alkanes of at least 4 members (excludes halogenated alkanes) is 2. The number of carboxylic acid groups (broad SMARTS) is 1. The molecule has 0 aromatic heterocycles. The van der Waals surface area contributed by atoms with Gasteiger partial charge in [-0.3, -0.25) is 4.79 Å². The minimum absolute atomic E-state index is 0.250. The first kappa shape index (κ1) is 25.8. The van der Waals surface area contributed by atoms with E-state index in [1.54, 1.807) is 0 Å². The van der Waals surface area contributed by atoms with Crippen molar-refractivity contribution < 1.29 is 9.90 Å². The number of rotatable bonds is 12. The summed E-state index contributed by atoms with van der Waals surface area (Å²) in [4.78, 5) is 8.36. The van der Waals surface area contributed by atoms with Crippen molar-refractivity contribution >= 4 is 45.7 Å². The molecule has 1 N–H and O–H groups in total. The Morgan fingerprint density at radius 1 is 0.966 bits per heavy atom. The molecule has 29 heavy (non-hydrogen) atoms. The van der Waals surface area contributed by atoms with Crippen LogP contribution in [-0.4, -0.2) is 38.3 Å². The third-order valence-electron chi connectivity index (χ3n) is 4.43. The fraction of sp³-hybridized carbons (Fsp3) is 0.435. The van der Waals surface area contributed by atoms with E-state index in [1.165, 1.54) is 30.4 Å². The van der Waals surface area contributed by atoms with Crippen molar-refractivity contribution in [2.24, 2.45) is 0 Å². The molecule has 2 rings (SSSR count). The summed E-state index contributed by atoms with van der Waals surface area (Å²) in [6, 6.07) is 21.1. The molecule has 0 amide bonds. The first-order valence-electron chi connectivity index (χ1n) is 9.96. The molecular weight excluding hydrogens is 394 g/mol. The van der Waals surface area contributed by atoms with Gasteiger partial charge in [0.05, 0.1) is 15.7 Å². The normalized spacial score (nSPS) is 11.9. The van der Waals surface area contributed by atoms with Crippen LogP contribution in [0.15, 0.2) is 60.7 Å². The molecule has 0 aliphatic heterocycles. The van der Waals surface area contributed by atoms with Crippen LogP contribution in [0.3, 0.4) is 0 Å². The van der Waals surface area contributed by atoms with Gasteiger partial charge in [0, 0.05) is 11.5 Å². The van der Waals surface area contributed by atoms with Gasteiger partial charge in [0.25, 0.3) is 6.47 Å². The number of hydrogen-bond donors (Lipinski definition) is 1. The van der Waals surface area contributed by atoms with Crippen molar-refractivity contribution in [1.82, 2.24) is 0 Å². The van der Waals surface area contributed by atoms with E-state index >= 15 is 0 Å². The van der Waals surface area contributed by atoms with Gasteiger partial charge in [-0.05, 0) is 28.6 Å². The van der Waals surface area contributed by atoms with E-state index in [-0.39, 0.29) is 11.7 Å². The molecule has 0 aliphatic carbocycles. The van der Waals surface area contributed by atoms with Crippen molar-refractivity contribution in [3.63, 3.8) is 0 Å².